The van der Waals surface area contributed by atoms with Gasteiger partial charge in [0.25, 0.3) is 0 Å². The van der Waals surface area contributed by atoms with Crippen molar-refractivity contribution in [3.05, 3.63) is 104 Å². The van der Waals surface area contributed by atoms with Gasteiger partial charge in [-0.15, -0.1) is 0 Å². The molecule has 0 fully saturated rings. The molecule has 0 saturated carbocycles. The average Bonchev–Trinajstić information content (AvgIpc) is 3.41. The number of benzene rings is 4. The first-order chi connectivity index (χ1) is 22.7. The molecule has 0 amide bonds. The number of hydrogen-bond acceptors (Lipinski definition) is 8. The predicted octanol–water partition coefficient (Wildman–Crippen LogP) is 9.98. The zero-order valence-corrected chi connectivity index (χ0v) is 28.7. The summed E-state index contributed by atoms with van der Waals surface area (Å²) in [4.78, 5) is 11.9. The fraction of sp³-hybridized carbons (Fsp3) is 0.229. The minimum absolute atomic E-state index is 0.119. The van der Waals surface area contributed by atoms with E-state index >= 15 is 0 Å². The van der Waals surface area contributed by atoms with Gasteiger partial charge in [-0.2, -0.15) is 0 Å². The molecule has 5 aromatic rings. The second-order valence-electron chi connectivity index (χ2n) is 9.92. The summed E-state index contributed by atoms with van der Waals surface area (Å²) >= 11 is -1.83. The Labute approximate surface area is 282 Å². The molecule has 0 N–H and O–H groups in total. The van der Waals surface area contributed by atoms with Crippen LogP contribution in [0.3, 0.4) is 0 Å². The summed E-state index contributed by atoms with van der Waals surface area (Å²) < 4.78 is 75.2. The fourth-order valence-corrected chi connectivity index (χ4v) is 9.32. The third-order valence-electron chi connectivity index (χ3n) is 6.61. The molecule has 0 aliphatic rings. The normalized spacial score (nSPS) is 11.7. The maximum atomic E-state index is 13.2. The monoisotopic (exact) mass is 780 g/mol. The zero-order valence-electron chi connectivity index (χ0n) is 25.8. The van der Waals surface area contributed by atoms with Gasteiger partial charge in [-0.1, -0.05) is 0 Å². The van der Waals surface area contributed by atoms with Crippen molar-refractivity contribution in [2.45, 2.75) is 26.9 Å². The Balaban J connectivity index is 1.50. The van der Waals surface area contributed by atoms with Gasteiger partial charge < -0.3 is 4.74 Å². The quantitative estimate of drug-likeness (QED) is 0.0631. The first kappa shape index (κ1) is 34.5. The molecule has 248 valence electrons. The van der Waals surface area contributed by atoms with E-state index in [1.54, 1.807) is 60.7 Å². The number of thiophene rings is 1. The molecule has 4 aromatic carbocycles. The van der Waals surface area contributed by atoms with Crippen LogP contribution in [0.2, 0.25) is 0 Å². The molecule has 7 nitrogen and oxygen atoms in total. The van der Waals surface area contributed by atoms with Gasteiger partial charge in [-0.3, -0.25) is 0 Å². The van der Waals surface area contributed by atoms with Gasteiger partial charge in [0.15, 0.2) is 6.79 Å². The number of fused-ring (bicyclic) bond motifs is 1. The van der Waals surface area contributed by atoms with Gasteiger partial charge >= 0.3 is 245 Å². The Morgan fingerprint density at radius 3 is 1.89 bits per heavy atom. The Morgan fingerprint density at radius 1 is 0.745 bits per heavy atom. The molecule has 0 atom stereocenters. The fourth-order valence-electron chi connectivity index (χ4n) is 4.29. The van der Waals surface area contributed by atoms with Gasteiger partial charge in [-0.05, 0) is 13.8 Å². The van der Waals surface area contributed by atoms with Crippen molar-refractivity contribution in [2.24, 2.45) is 0 Å². The van der Waals surface area contributed by atoms with Crippen molar-refractivity contribution in [1.29, 1.82) is 0 Å². The van der Waals surface area contributed by atoms with Crippen molar-refractivity contribution >= 4 is 47.6 Å². The number of carbonyl (C=O) groups is 1. The number of ether oxygens (including phenoxy) is 5. The van der Waals surface area contributed by atoms with E-state index < -0.39 is 32.4 Å². The molecular weight excluding hydrogens is 748 g/mol. The Morgan fingerprint density at radius 2 is 1.30 bits per heavy atom. The second-order valence-corrected chi connectivity index (χ2v) is 15.3. The summed E-state index contributed by atoms with van der Waals surface area (Å²) in [7, 11) is 0. The molecule has 12 heteroatoms. The van der Waals surface area contributed by atoms with Crippen molar-refractivity contribution < 1.29 is 44.7 Å². The zero-order chi connectivity index (χ0) is 33.4. The molecular formula is C35H32F3IO7S. The summed E-state index contributed by atoms with van der Waals surface area (Å²) in [5, 5.41) is 1.51. The number of alkyl halides is 3. The summed E-state index contributed by atoms with van der Waals surface area (Å²) in [6.45, 7) is 6.98. The number of hydrogen-bond donors (Lipinski definition) is 0. The van der Waals surface area contributed by atoms with Crippen LogP contribution < -0.4 is 14.2 Å². The average molecular weight is 781 g/mol. The third-order valence-corrected chi connectivity index (χ3v) is 12.2. The van der Waals surface area contributed by atoms with Gasteiger partial charge in [-0.25, -0.2) is 0 Å². The Bertz CT molecular complexity index is 1770. The van der Waals surface area contributed by atoms with E-state index in [1.165, 1.54) is 11.3 Å². The third kappa shape index (κ3) is 8.95. The number of rotatable bonds is 14. The molecule has 0 saturated heterocycles. The van der Waals surface area contributed by atoms with Crippen molar-refractivity contribution in [2.75, 3.05) is 26.8 Å². The molecule has 0 aliphatic heterocycles. The molecule has 47 heavy (non-hydrogen) atoms. The van der Waals surface area contributed by atoms with E-state index in [-0.39, 0.29) is 13.6 Å². The standard InChI is InChI=1S/C35H32F3IO7S/c1-4-41-21-43-27-14-16-28(17-15-27)45-33-32(30-19-18-29(20-31(30)47-33)44-22-42-5-2)24-8-12-26(13-9-24)39(46-34(40)35(36,37)38)25-10-6-23(3)7-11-25/h6-20H,4-5,21-22H2,1-3H3. The van der Waals surface area contributed by atoms with Crippen molar-refractivity contribution in [3.8, 4) is 33.4 Å². The van der Waals surface area contributed by atoms with E-state index in [4.69, 9.17) is 26.8 Å². The van der Waals surface area contributed by atoms with E-state index in [2.05, 4.69) is 0 Å². The predicted molar refractivity (Wildman–Crippen MR) is 183 cm³/mol. The van der Waals surface area contributed by atoms with Gasteiger partial charge in [0.1, 0.15) is 0 Å². The maximum absolute atomic E-state index is 13.2. The van der Waals surface area contributed by atoms with Crippen LogP contribution >= 0.6 is 31.6 Å². The van der Waals surface area contributed by atoms with E-state index in [1.807, 2.05) is 51.1 Å². The molecule has 0 bridgehead atoms. The second kappa shape index (κ2) is 15.8. The number of halogens is 4. The van der Waals surface area contributed by atoms with Crippen LogP contribution in [-0.2, 0) is 17.3 Å². The number of carbonyl (C=O) groups excluding carboxylic acids is 1. The van der Waals surface area contributed by atoms with Gasteiger partial charge in [0.05, 0.1) is 0 Å². The SMILES string of the molecule is CCOCOc1ccc(Oc2sc3cc(OCOCC)ccc3c2-c2ccc(I(OC(=O)C(F)(F)F)c3ccc(C)cc3)cc2)cc1. The van der Waals surface area contributed by atoms with Crippen LogP contribution in [0.25, 0.3) is 21.2 Å². The molecule has 0 aliphatic carbocycles. The van der Waals surface area contributed by atoms with Crippen molar-refractivity contribution in [3.63, 3.8) is 0 Å². The van der Waals surface area contributed by atoms with Gasteiger partial charge in [0, 0.05) is 13.2 Å². The van der Waals surface area contributed by atoms with Crippen LogP contribution in [0.4, 0.5) is 13.2 Å². The van der Waals surface area contributed by atoms with Crippen LogP contribution in [-0.4, -0.2) is 38.9 Å². The molecule has 1 aromatic heterocycles. The van der Waals surface area contributed by atoms with Gasteiger partial charge in [0.2, 0.25) is 0 Å². The minimum atomic E-state index is -5.10. The summed E-state index contributed by atoms with van der Waals surface area (Å²) in [6, 6.07) is 26.9. The summed E-state index contributed by atoms with van der Waals surface area (Å²) in [5.74, 6) is -0.342. The van der Waals surface area contributed by atoms with Crippen LogP contribution in [0.15, 0.2) is 91.0 Å². The first-order valence-corrected chi connectivity index (χ1v) is 18.4. The molecule has 5 rings (SSSR count). The molecule has 0 unspecified atom stereocenters. The van der Waals surface area contributed by atoms with E-state index in [0.717, 1.165) is 26.8 Å². The Hall–Kier alpha value is -3.85. The molecule has 0 spiro atoms. The summed E-state index contributed by atoms with van der Waals surface area (Å²) in [5.41, 5.74) is 2.52. The first-order valence-electron chi connectivity index (χ1n) is 14.6. The number of aryl methyl sites for hydroxylation is 1. The topological polar surface area (TPSA) is 72.5 Å². The van der Waals surface area contributed by atoms with E-state index in [0.29, 0.717) is 42.7 Å². The van der Waals surface area contributed by atoms with Crippen LogP contribution in [0.5, 0.6) is 22.3 Å². The summed E-state index contributed by atoms with van der Waals surface area (Å²) in [6.07, 6.45) is -5.10. The van der Waals surface area contributed by atoms with Crippen molar-refractivity contribution in [1.82, 2.24) is 0 Å². The molecule has 1 heterocycles. The van der Waals surface area contributed by atoms with Crippen LogP contribution in [0, 0.1) is 14.1 Å². The Kier molecular flexibility index (Phi) is 11.6. The van der Waals surface area contributed by atoms with E-state index in [9.17, 15) is 18.0 Å². The van der Waals surface area contributed by atoms with Crippen LogP contribution in [0.1, 0.15) is 19.4 Å². The molecule has 0 radical (unpaired) electrons.